The first kappa shape index (κ1) is 26.0. The van der Waals surface area contributed by atoms with Crippen LogP contribution < -0.4 is 10.1 Å². The second-order valence-electron chi connectivity index (χ2n) is 9.03. The number of hydrogen-bond donors (Lipinski definition) is 1. The van der Waals surface area contributed by atoms with Gasteiger partial charge in [-0.15, -0.1) is 0 Å². The van der Waals surface area contributed by atoms with E-state index in [0.717, 1.165) is 31.2 Å². The second kappa shape index (κ2) is 11.7. The highest BCUT2D eigenvalue weighted by Gasteiger charge is 2.29. The van der Waals surface area contributed by atoms with Gasteiger partial charge in [0, 0.05) is 19.2 Å². The molecule has 2 aromatic rings. The third-order valence-corrected chi connectivity index (χ3v) is 8.18. The second-order valence-corrected chi connectivity index (χ2v) is 10.9. The lowest BCUT2D eigenvalue weighted by Crippen LogP contribution is -2.35. The molecule has 0 radical (unpaired) electrons. The number of carbonyl (C=O) groups is 1. The van der Waals surface area contributed by atoms with Crippen molar-refractivity contribution >= 4 is 22.0 Å². The molecule has 1 heterocycles. The first-order valence-corrected chi connectivity index (χ1v) is 13.5. The van der Waals surface area contributed by atoms with Crippen LogP contribution in [0.5, 0.6) is 5.75 Å². The molecular formula is C27H36N2O4S. The highest BCUT2D eigenvalue weighted by atomic mass is 32.2. The summed E-state index contributed by atoms with van der Waals surface area (Å²) in [5.74, 6) is 0.296. The third kappa shape index (κ3) is 6.27. The summed E-state index contributed by atoms with van der Waals surface area (Å²) in [4.78, 5) is 12.9. The highest BCUT2D eigenvalue weighted by molar-refractivity contribution is 7.89. The van der Waals surface area contributed by atoms with Gasteiger partial charge in [0.2, 0.25) is 15.9 Å². The molecule has 1 amide bonds. The molecule has 184 valence electrons. The number of nitrogens with one attached hydrogen (secondary N) is 1. The zero-order valence-electron chi connectivity index (χ0n) is 20.6. The van der Waals surface area contributed by atoms with Gasteiger partial charge in [0.25, 0.3) is 0 Å². The molecule has 1 aliphatic rings. The Morgan fingerprint density at radius 2 is 1.76 bits per heavy atom. The van der Waals surface area contributed by atoms with Crippen molar-refractivity contribution in [3.63, 3.8) is 0 Å². The predicted molar refractivity (Wildman–Crippen MR) is 136 cm³/mol. The standard InChI is InChI=1S/C27H36N2O4S/c1-5-21-9-13-23(14-10-21)27(20(2)3)28-26(30)16-12-22-11-15-24(33-4)25(19-22)34(31,32)29-17-7-6-8-18-29/h9-16,19-20,27H,5-8,17-18H2,1-4H3,(H,28,30)/b16-12+. The average Bonchev–Trinajstić information content (AvgIpc) is 2.86. The zero-order chi connectivity index (χ0) is 24.7. The molecule has 34 heavy (non-hydrogen) atoms. The largest absolute Gasteiger partial charge is 0.495 e. The molecule has 1 unspecified atom stereocenters. The Morgan fingerprint density at radius 3 is 2.35 bits per heavy atom. The normalized spacial score (nSPS) is 16.0. The van der Waals surface area contributed by atoms with Gasteiger partial charge in [-0.3, -0.25) is 4.79 Å². The minimum absolute atomic E-state index is 0.117. The van der Waals surface area contributed by atoms with E-state index in [1.54, 1.807) is 24.3 Å². The first-order chi connectivity index (χ1) is 16.3. The van der Waals surface area contributed by atoms with E-state index >= 15 is 0 Å². The van der Waals surface area contributed by atoms with Crippen molar-refractivity contribution < 1.29 is 17.9 Å². The zero-order valence-corrected chi connectivity index (χ0v) is 21.4. The fourth-order valence-electron chi connectivity index (χ4n) is 4.21. The molecule has 1 N–H and O–H groups in total. The van der Waals surface area contributed by atoms with Crippen LogP contribution in [0.25, 0.3) is 6.08 Å². The van der Waals surface area contributed by atoms with E-state index < -0.39 is 10.0 Å². The predicted octanol–water partition coefficient (Wildman–Crippen LogP) is 4.96. The molecule has 0 spiro atoms. The Morgan fingerprint density at radius 1 is 1.09 bits per heavy atom. The minimum Gasteiger partial charge on any atom is -0.495 e. The van der Waals surface area contributed by atoms with Crippen LogP contribution in [0.1, 0.15) is 62.8 Å². The summed E-state index contributed by atoms with van der Waals surface area (Å²) >= 11 is 0. The van der Waals surface area contributed by atoms with E-state index in [9.17, 15) is 13.2 Å². The van der Waals surface area contributed by atoms with Gasteiger partial charge in [0.15, 0.2) is 0 Å². The SMILES string of the molecule is CCc1ccc(C(NC(=O)/C=C/c2ccc(OC)c(S(=O)(=O)N3CCCCC3)c2)C(C)C)cc1. The lowest BCUT2D eigenvalue weighted by atomic mass is 9.95. The van der Waals surface area contributed by atoms with Gasteiger partial charge in [-0.1, -0.05) is 57.5 Å². The van der Waals surface area contributed by atoms with Crippen molar-refractivity contribution in [1.29, 1.82) is 0 Å². The Bertz CT molecular complexity index is 1100. The van der Waals surface area contributed by atoms with E-state index in [2.05, 4.69) is 50.4 Å². The molecule has 1 aliphatic heterocycles. The monoisotopic (exact) mass is 484 g/mol. The molecule has 2 aromatic carbocycles. The number of amides is 1. The maximum atomic E-state index is 13.2. The lowest BCUT2D eigenvalue weighted by molar-refractivity contribution is -0.117. The number of nitrogens with zero attached hydrogens (tertiary/aromatic N) is 1. The summed E-state index contributed by atoms with van der Waals surface area (Å²) in [7, 11) is -2.20. The average molecular weight is 485 g/mol. The number of piperidine rings is 1. The maximum Gasteiger partial charge on any atom is 0.246 e. The van der Waals surface area contributed by atoms with Gasteiger partial charge in [-0.05, 0) is 60.1 Å². The third-order valence-electron chi connectivity index (χ3n) is 6.26. The number of ether oxygens (including phenoxy) is 1. The Balaban J connectivity index is 1.78. The number of aryl methyl sites for hydroxylation is 1. The number of rotatable bonds is 9. The summed E-state index contributed by atoms with van der Waals surface area (Å²) in [5, 5.41) is 3.08. The summed E-state index contributed by atoms with van der Waals surface area (Å²) in [5.41, 5.74) is 2.94. The molecule has 7 heteroatoms. The van der Waals surface area contributed by atoms with E-state index in [-0.39, 0.29) is 22.8 Å². The summed E-state index contributed by atoms with van der Waals surface area (Å²) in [6.07, 6.45) is 6.83. The molecule has 0 aromatic heterocycles. The smallest absolute Gasteiger partial charge is 0.246 e. The quantitative estimate of drug-likeness (QED) is 0.511. The molecular weight excluding hydrogens is 448 g/mol. The molecule has 1 atom stereocenters. The van der Waals surface area contributed by atoms with Gasteiger partial charge >= 0.3 is 0 Å². The summed E-state index contributed by atoms with van der Waals surface area (Å²) in [6, 6.07) is 13.2. The van der Waals surface area contributed by atoms with E-state index in [0.29, 0.717) is 24.4 Å². The molecule has 1 saturated heterocycles. The van der Waals surface area contributed by atoms with Crippen molar-refractivity contribution in [1.82, 2.24) is 9.62 Å². The Labute approximate surface area is 204 Å². The minimum atomic E-state index is -3.66. The van der Waals surface area contributed by atoms with Crippen LogP contribution in [-0.4, -0.2) is 38.8 Å². The van der Waals surface area contributed by atoms with Crippen LogP contribution in [0.4, 0.5) is 0 Å². The molecule has 0 saturated carbocycles. The molecule has 3 rings (SSSR count). The van der Waals surface area contributed by atoms with Crippen LogP contribution in [0.2, 0.25) is 0 Å². The fourth-order valence-corrected chi connectivity index (χ4v) is 5.92. The van der Waals surface area contributed by atoms with Crippen LogP contribution in [0, 0.1) is 5.92 Å². The molecule has 0 aliphatic carbocycles. The van der Waals surface area contributed by atoms with Crippen molar-refractivity contribution in [2.24, 2.45) is 5.92 Å². The van der Waals surface area contributed by atoms with Gasteiger partial charge in [0.05, 0.1) is 13.2 Å². The van der Waals surface area contributed by atoms with Crippen molar-refractivity contribution in [2.45, 2.75) is 57.4 Å². The van der Waals surface area contributed by atoms with Gasteiger partial charge in [-0.2, -0.15) is 4.31 Å². The lowest BCUT2D eigenvalue weighted by Gasteiger charge is -2.26. The van der Waals surface area contributed by atoms with Gasteiger partial charge < -0.3 is 10.1 Å². The number of benzene rings is 2. The molecule has 0 bridgehead atoms. The van der Waals surface area contributed by atoms with E-state index in [1.807, 2.05) is 0 Å². The number of methoxy groups -OCH3 is 1. The van der Waals surface area contributed by atoms with Gasteiger partial charge in [-0.25, -0.2) is 8.42 Å². The van der Waals surface area contributed by atoms with Crippen molar-refractivity contribution in [2.75, 3.05) is 20.2 Å². The van der Waals surface area contributed by atoms with Crippen molar-refractivity contribution in [3.8, 4) is 5.75 Å². The maximum absolute atomic E-state index is 13.2. The fraction of sp³-hybridized carbons (Fsp3) is 0.444. The van der Waals surface area contributed by atoms with Crippen molar-refractivity contribution in [3.05, 3.63) is 65.2 Å². The van der Waals surface area contributed by atoms with E-state index in [1.165, 1.54) is 23.1 Å². The van der Waals surface area contributed by atoms with Crippen LogP contribution in [-0.2, 0) is 21.2 Å². The topological polar surface area (TPSA) is 75.7 Å². The number of carbonyl (C=O) groups excluding carboxylic acids is 1. The summed E-state index contributed by atoms with van der Waals surface area (Å²) < 4.78 is 33.3. The van der Waals surface area contributed by atoms with Crippen LogP contribution in [0.3, 0.4) is 0 Å². The first-order valence-electron chi connectivity index (χ1n) is 12.0. The Hall–Kier alpha value is -2.64. The summed E-state index contributed by atoms with van der Waals surface area (Å²) in [6.45, 7) is 7.30. The van der Waals surface area contributed by atoms with Crippen LogP contribution >= 0.6 is 0 Å². The number of hydrogen-bond acceptors (Lipinski definition) is 4. The van der Waals surface area contributed by atoms with E-state index in [4.69, 9.17) is 4.74 Å². The molecule has 1 fully saturated rings. The van der Waals surface area contributed by atoms with Gasteiger partial charge in [0.1, 0.15) is 10.6 Å². The number of sulfonamides is 1. The van der Waals surface area contributed by atoms with Crippen LogP contribution in [0.15, 0.2) is 53.4 Å². The highest BCUT2D eigenvalue weighted by Crippen LogP contribution is 2.30. The Kier molecular flexibility index (Phi) is 8.91. The molecule has 6 nitrogen and oxygen atoms in total.